The zero-order valence-electron chi connectivity index (χ0n) is 11.0. The summed E-state index contributed by atoms with van der Waals surface area (Å²) < 4.78 is 10.5. The molecule has 0 saturated heterocycles. The van der Waals surface area contributed by atoms with E-state index in [2.05, 4.69) is 10.2 Å². The molecule has 15 heavy (non-hydrogen) atoms. The van der Waals surface area contributed by atoms with E-state index in [9.17, 15) is 0 Å². The van der Waals surface area contributed by atoms with Crippen molar-refractivity contribution >= 4 is 0 Å². The molecule has 0 amide bonds. The van der Waals surface area contributed by atoms with E-state index in [1.165, 1.54) is 0 Å². The van der Waals surface area contributed by atoms with Gasteiger partial charge in [-0.15, -0.1) is 0 Å². The summed E-state index contributed by atoms with van der Waals surface area (Å²) in [4.78, 5) is 0. The minimum atomic E-state index is -0.536. The second-order valence-electron chi connectivity index (χ2n) is 4.88. The predicted molar refractivity (Wildman–Crippen MR) is 61.1 cm³/mol. The summed E-state index contributed by atoms with van der Waals surface area (Å²) in [6.45, 7) is 9.87. The summed E-state index contributed by atoms with van der Waals surface area (Å²) in [5, 5.41) is 8.36. The van der Waals surface area contributed by atoms with Crippen molar-refractivity contribution in [3.63, 3.8) is 0 Å². The maximum atomic E-state index is 5.33. The van der Waals surface area contributed by atoms with Gasteiger partial charge < -0.3 is 9.47 Å². The Morgan fingerprint density at radius 3 is 2.00 bits per heavy atom. The van der Waals surface area contributed by atoms with E-state index < -0.39 is 5.72 Å². The van der Waals surface area contributed by atoms with Crippen molar-refractivity contribution in [2.45, 2.75) is 58.4 Å². The van der Waals surface area contributed by atoms with E-state index in [0.29, 0.717) is 0 Å². The minimum Gasteiger partial charge on any atom is -0.379 e. The maximum absolute atomic E-state index is 5.33. The largest absolute Gasteiger partial charge is 0.379 e. The Morgan fingerprint density at radius 1 is 1.07 bits per heavy atom. The lowest BCUT2D eigenvalue weighted by Gasteiger charge is -2.25. The van der Waals surface area contributed by atoms with Gasteiger partial charge in [-0.25, -0.2) is 0 Å². The number of methoxy groups -OCH3 is 2. The van der Waals surface area contributed by atoms with Crippen molar-refractivity contribution in [1.29, 1.82) is 0 Å². The van der Waals surface area contributed by atoms with Gasteiger partial charge in [-0.05, 0) is 41.0 Å². The number of azo groups is 1. The van der Waals surface area contributed by atoms with Crippen LogP contribution in [0.5, 0.6) is 0 Å². The van der Waals surface area contributed by atoms with Gasteiger partial charge >= 0.3 is 0 Å². The second kappa shape index (κ2) is 5.56. The van der Waals surface area contributed by atoms with Crippen LogP contribution in [-0.2, 0) is 9.47 Å². The molecule has 0 radical (unpaired) electrons. The number of hydrogen-bond acceptors (Lipinski definition) is 4. The van der Waals surface area contributed by atoms with Crippen LogP contribution >= 0.6 is 0 Å². The minimum absolute atomic E-state index is 0.134. The molecule has 0 fully saturated rings. The molecular formula is C11H24N2O2. The van der Waals surface area contributed by atoms with Gasteiger partial charge in [0.05, 0.1) is 11.6 Å². The monoisotopic (exact) mass is 216 g/mol. The van der Waals surface area contributed by atoms with Crippen molar-refractivity contribution in [3.8, 4) is 0 Å². The van der Waals surface area contributed by atoms with E-state index in [-0.39, 0.29) is 11.6 Å². The lowest BCUT2D eigenvalue weighted by atomic mass is 10.0. The topological polar surface area (TPSA) is 43.2 Å². The van der Waals surface area contributed by atoms with Crippen LogP contribution in [0.2, 0.25) is 0 Å². The average Bonchev–Trinajstić information content (AvgIpc) is 2.15. The number of ether oxygens (including phenoxy) is 2. The standard InChI is InChI=1S/C11H24N2O2/c1-9(8-10(2,3)14-6)12-13-11(4,5)15-7/h9H,8H2,1-7H3. The van der Waals surface area contributed by atoms with Gasteiger partial charge in [-0.3, -0.25) is 0 Å². The summed E-state index contributed by atoms with van der Waals surface area (Å²) in [5.74, 6) is 0. The van der Waals surface area contributed by atoms with Crippen molar-refractivity contribution in [3.05, 3.63) is 0 Å². The molecule has 0 aromatic heterocycles. The quantitative estimate of drug-likeness (QED) is 0.640. The van der Waals surface area contributed by atoms with Gasteiger partial charge in [-0.2, -0.15) is 10.2 Å². The lowest BCUT2D eigenvalue weighted by Crippen LogP contribution is -2.27. The fraction of sp³-hybridized carbons (Fsp3) is 1.00. The first-order valence-electron chi connectivity index (χ1n) is 5.25. The zero-order valence-corrected chi connectivity index (χ0v) is 11.0. The molecule has 1 atom stereocenters. The van der Waals surface area contributed by atoms with Crippen LogP contribution < -0.4 is 0 Å². The fourth-order valence-electron chi connectivity index (χ4n) is 1.11. The number of hydrogen-bond donors (Lipinski definition) is 0. The number of nitrogens with zero attached hydrogens (tertiary/aromatic N) is 2. The first-order valence-corrected chi connectivity index (χ1v) is 5.25. The first-order chi connectivity index (χ1) is 6.72. The molecule has 1 unspecified atom stereocenters. The van der Waals surface area contributed by atoms with Crippen molar-refractivity contribution < 1.29 is 9.47 Å². The molecule has 0 heterocycles. The predicted octanol–water partition coefficient (Wildman–Crippen LogP) is 3.02. The Labute approximate surface area is 93.1 Å². The van der Waals surface area contributed by atoms with Crippen molar-refractivity contribution in [2.75, 3.05) is 14.2 Å². The Bertz CT molecular complexity index is 213. The molecule has 0 aromatic rings. The van der Waals surface area contributed by atoms with Crippen LogP contribution in [0.4, 0.5) is 0 Å². The molecule has 0 aliphatic heterocycles. The third-order valence-electron chi connectivity index (χ3n) is 2.33. The second-order valence-corrected chi connectivity index (χ2v) is 4.88. The molecule has 0 rings (SSSR count). The summed E-state index contributed by atoms with van der Waals surface area (Å²) >= 11 is 0. The van der Waals surface area contributed by atoms with Crippen molar-refractivity contribution in [2.24, 2.45) is 10.2 Å². The van der Waals surface area contributed by atoms with E-state index >= 15 is 0 Å². The molecule has 0 spiro atoms. The molecule has 4 nitrogen and oxygen atoms in total. The molecule has 0 bridgehead atoms. The van der Waals surface area contributed by atoms with Crippen LogP contribution in [0.3, 0.4) is 0 Å². The normalized spacial score (nSPS) is 15.9. The molecule has 0 aliphatic rings. The molecule has 0 N–H and O–H groups in total. The third-order valence-corrected chi connectivity index (χ3v) is 2.33. The van der Waals surface area contributed by atoms with Crippen LogP contribution in [0.25, 0.3) is 0 Å². The van der Waals surface area contributed by atoms with Gasteiger partial charge in [0, 0.05) is 14.2 Å². The smallest absolute Gasteiger partial charge is 0.172 e. The summed E-state index contributed by atoms with van der Waals surface area (Å²) in [6, 6.07) is 0.134. The third kappa shape index (κ3) is 6.57. The van der Waals surface area contributed by atoms with Crippen LogP contribution in [0, 0.1) is 0 Å². The summed E-state index contributed by atoms with van der Waals surface area (Å²) in [5.41, 5.74) is -0.693. The van der Waals surface area contributed by atoms with E-state index in [1.807, 2.05) is 34.6 Å². The maximum Gasteiger partial charge on any atom is 0.172 e. The SMILES string of the molecule is COC(C)(C)CC(C)N=NC(C)(C)OC. The van der Waals surface area contributed by atoms with Crippen LogP contribution in [0.1, 0.15) is 41.0 Å². The van der Waals surface area contributed by atoms with Crippen LogP contribution in [0.15, 0.2) is 10.2 Å². The zero-order chi connectivity index (χ0) is 12.1. The van der Waals surface area contributed by atoms with Gasteiger partial charge in [0.15, 0.2) is 5.72 Å². The Balaban J connectivity index is 4.20. The van der Waals surface area contributed by atoms with E-state index in [1.54, 1.807) is 14.2 Å². The van der Waals surface area contributed by atoms with E-state index in [4.69, 9.17) is 9.47 Å². The van der Waals surface area contributed by atoms with Gasteiger partial charge in [-0.1, -0.05) is 0 Å². The Morgan fingerprint density at radius 2 is 1.60 bits per heavy atom. The summed E-state index contributed by atoms with van der Waals surface area (Å²) in [7, 11) is 3.34. The highest BCUT2D eigenvalue weighted by molar-refractivity contribution is 4.75. The molecular weight excluding hydrogens is 192 g/mol. The summed E-state index contributed by atoms with van der Waals surface area (Å²) in [6.07, 6.45) is 0.840. The Kier molecular flexibility index (Phi) is 5.38. The molecule has 4 heteroatoms. The Hall–Kier alpha value is -0.480. The lowest BCUT2D eigenvalue weighted by molar-refractivity contribution is 0.00604. The highest BCUT2D eigenvalue weighted by Gasteiger charge is 2.21. The van der Waals surface area contributed by atoms with E-state index in [0.717, 1.165) is 6.42 Å². The molecule has 0 saturated carbocycles. The molecule has 0 aromatic carbocycles. The van der Waals surface area contributed by atoms with Crippen molar-refractivity contribution in [1.82, 2.24) is 0 Å². The average molecular weight is 216 g/mol. The molecule has 0 aliphatic carbocycles. The fourth-order valence-corrected chi connectivity index (χ4v) is 1.11. The highest BCUT2D eigenvalue weighted by Crippen LogP contribution is 2.19. The van der Waals surface area contributed by atoms with Crippen LogP contribution in [-0.4, -0.2) is 31.6 Å². The highest BCUT2D eigenvalue weighted by atomic mass is 16.5. The molecule has 90 valence electrons. The van der Waals surface area contributed by atoms with Gasteiger partial charge in [0.1, 0.15) is 0 Å². The first kappa shape index (κ1) is 14.5. The van der Waals surface area contributed by atoms with Gasteiger partial charge in [0.25, 0.3) is 0 Å². The number of rotatable bonds is 6. The van der Waals surface area contributed by atoms with Gasteiger partial charge in [0.2, 0.25) is 0 Å².